The molecule has 0 unspecified atom stereocenters. The minimum absolute atomic E-state index is 0.893. The fourth-order valence-corrected chi connectivity index (χ4v) is 3.54. The Bertz CT molecular complexity index is 1070. The summed E-state index contributed by atoms with van der Waals surface area (Å²) in [6.45, 7) is 4.22. The Kier molecular flexibility index (Phi) is 4.94. The van der Waals surface area contributed by atoms with E-state index in [2.05, 4.69) is 58.5 Å². The van der Waals surface area contributed by atoms with Crippen LogP contribution >= 0.6 is 15.9 Å². The van der Waals surface area contributed by atoms with Crippen LogP contribution in [-0.2, 0) is 6.42 Å². The zero-order valence-electron chi connectivity index (χ0n) is 15.4. The number of rotatable bonds is 5. The molecule has 0 fully saturated rings. The molecule has 0 spiro atoms. The molecule has 2 aromatic heterocycles. The lowest BCUT2D eigenvalue weighted by molar-refractivity contribution is 0.858. The van der Waals surface area contributed by atoms with E-state index in [9.17, 15) is 0 Å². The van der Waals surface area contributed by atoms with Crippen molar-refractivity contribution in [2.75, 3.05) is 5.32 Å². The van der Waals surface area contributed by atoms with Crippen LogP contribution in [0.1, 0.15) is 24.7 Å². The Morgan fingerprint density at radius 1 is 1.04 bits per heavy atom. The van der Waals surface area contributed by atoms with E-state index < -0.39 is 0 Å². The Morgan fingerprint density at radius 2 is 1.78 bits per heavy atom. The average molecular weight is 421 g/mol. The molecular weight excluding hydrogens is 400 g/mol. The molecule has 0 aliphatic carbocycles. The fraction of sp³-hybridized carbons (Fsp3) is 0.182. The molecule has 27 heavy (non-hydrogen) atoms. The summed E-state index contributed by atoms with van der Waals surface area (Å²) in [5, 5.41) is 8.29. The number of benzene rings is 2. The van der Waals surface area contributed by atoms with E-state index in [-0.39, 0.29) is 0 Å². The lowest BCUT2D eigenvalue weighted by Gasteiger charge is -2.11. The maximum Gasteiger partial charge on any atom is 0.165 e. The van der Waals surface area contributed by atoms with Crippen LogP contribution in [-0.4, -0.2) is 14.6 Å². The number of aromatic nitrogens is 3. The van der Waals surface area contributed by atoms with Gasteiger partial charge in [0, 0.05) is 27.5 Å². The van der Waals surface area contributed by atoms with Crippen LogP contribution < -0.4 is 5.32 Å². The summed E-state index contributed by atoms with van der Waals surface area (Å²) in [5.41, 5.74) is 6.18. The molecule has 136 valence electrons. The van der Waals surface area contributed by atoms with E-state index in [1.54, 1.807) is 0 Å². The second-order valence-electron chi connectivity index (χ2n) is 6.58. The van der Waals surface area contributed by atoms with Crippen molar-refractivity contribution in [1.82, 2.24) is 14.6 Å². The Balaban J connectivity index is 1.89. The van der Waals surface area contributed by atoms with E-state index in [0.29, 0.717) is 0 Å². The van der Waals surface area contributed by atoms with Gasteiger partial charge in [-0.25, -0.2) is 4.98 Å². The number of nitrogens with zero attached hydrogens (tertiary/aromatic N) is 3. The van der Waals surface area contributed by atoms with Crippen LogP contribution in [0.4, 0.5) is 11.5 Å². The first-order valence-electron chi connectivity index (χ1n) is 9.13. The van der Waals surface area contributed by atoms with E-state index in [1.165, 1.54) is 0 Å². The highest BCUT2D eigenvalue weighted by Crippen LogP contribution is 2.30. The van der Waals surface area contributed by atoms with Gasteiger partial charge in [0.15, 0.2) is 5.65 Å². The molecule has 2 aromatic carbocycles. The smallest absolute Gasteiger partial charge is 0.165 e. The van der Waals surface area contributed by atoms with E-state index in [4.69, 9.17) is 10.1 Å². The van der Waals surface area contributed by atoms with Crippen LogP contribution in [0.15, 0.2) is 65.1 Å². The molecule has 4 rings (SSSR count). The van der Waals surface area contributed by atoms with Gasteiger partial charge in [-0.15, -0.1) is 0 Å². The molecular formula is C22H21BrN4. The molecule has 0 amide bonds. The summed E-state index contributed by atoms with van der Waals surface area (Å²) in [7, 11) is 0. The number of hydrogen-bond donors (Lipinski definition) is 1. The van der Waals surface area contributed by atoms with Crippen molar-refractivity contribution < 1.29 is 0 Å². The van der Waals surface area contributed by atoms with Crippen molar-refractivity contribution >= 4 is 33.1 Å². The number of aryl methyl sites for hydroxylation is 2. The van der Waals surface area contributed by atoms with Gasteiger partial charge in [-0.1, -0.05) is 59.6 Å². The molecule has 1 N–H and O–H groups in total. The molecule has 0 bridgehead atoms. The number of nitrogens with one attached hydrogen (secondary N) is 1. The molecule has 0 atom stereocenters. The van der Waals surface area contributed by atoms with Gasteiger partial charge >= 0.3 is 0 Å². The molecule has 5 heteroatoms. The summed E-state index contributed by atoms with van der Waals surface area (Å²) in [6, 6.07) is 20.6. The van der Waals surface area contributed by atoms with Crippen LogP contribution in [0.5, 0.6) is 0 Å². The molecule has 0 radical (unpaired) electrons. The minimum atomic E-state index is 0.893. The van der Waals surface area contributed by atoms with Crippen molar-refractivity contribution in [2.45, 2.75) is 26.7 Å². The standard InChI is InChI=1S/C22H21BrN4/c1-3-7-19-14-20(24-18-12-10-17(23)11-13-18)27-22(25-19)21(15(2)26-27)16-8-5-4-6-9-16/h4-6,8-14,24H,3,7H2,1-2H3. The van der Waals surface area contributed by atoms with Gasteiger partial charge in [-0.3, -0.25) is 0 Å². The van der Waals surface area contributed by atoms with Gasteiger partial charge in [0.05, 0.1) is 5.69 Å². The van der Waals surface area contributed by atoms with Gasteiger partial charge in [0.2, 0.25) is 0 Å². The number of anilines is 2. The zero-order valence-corrected chi connectivity index (χ0v) is 17.0. The molecule has 0 saturated heterocycles. The van der Waals surface area contributed by atoms with Crippen molar-refractivity contribution in [3.05, 3.63) is 76.5 Å². The number of hydrogen-bond acceptors (Lipinski definition) is 3. The summed E-state index contributed by atoms with van der Waals surface area (Å²) in [6.07, 6.45) is 1.98. The molecule has 4 aromatic rings. The third kappa shape index (κ3) is 3.60. The summed E-state index contributed by atoms with van der Waals surface area (Å²) >= 11 is 3.49. The Morgan fingerprint density at radius 3 is 2.48 bits per heavy atom. The number of halogens is 1. The monoisotopic (exact) mass is 420 g/mol. The van der Waals surface area contributed by atoms with Crippen LogP contribution in [0.2, 0.25) is 0 Å². The van der Waals surface area contributed by atoms with Gasteiger partial charge in [-0.2, -0.15) is 9.61 Å². The summed E-state index contributed by atoms with van der Waals surface area (Å²) < 4.78 is 2.97. The second-order valence-corrected chi connectivity index (χ2v) is 7.49. The van der Waals surface area contributed by atoms with Crippen molar-refractivity contribution in [3.8, 4) is 11.1 Å². The maximum absolute atomic E-state index is 4.93. The quantitative estimate of drug-likeness (QED) is 0.420. The molecule has 4 nitrogen and oxygen atoms in total. The first kappa shape index (κ1) is 17.7. The lowest BCUT2D eigenvalue weighted by Crippen LogP contribution is -2.04. The van der Waals surface area contributed by atoms with E-state index >= 15 is 0 Å². The average Bonchev–Trinajstić information content (AvgIpc) is 3.01. The maximum atomic E-state index is 4.93. The first-order valence-corrected chi connectivity index (χ1v) is 9.92. The highest BCUT2D eigenvalue weighted by Gasteiger charge is 2.16. The largest absolute Gasteiger partial charge is 0.340 e. The van der Waals surface area contributed by atoms with Gasteiger partial charge in [-0.05, 0) is 43.2 Å². The highest BCUT2D eigenvalue weighted by molar-refractivity contribution is 9.10. The highest BCUT2D eigenvalue weighted by atomic mass is 79.9. The minimum Gasteiger partial charge on any atom is -0.340 e. The van der Waals surface area contributed by atoms with Gasteiger partial charge in [0.25, 0.3) is 0 Å². The second kappa shape index (κ2) is 7.53. The first-order chi connectivity index (χ1) is 13.2. The van der Waals surface area contributed by atoms with Crippen molar-refractivity contribution in [3.63, 3.8) is 0 Å². The normalized spacial score (nSPS) is 11.1. The van der Waals surface area contributed by atoms with Crippen LogP contribution in [0.3, 0.4) is 0 Å². The van der Waals surface area contributed by atoms with E-state index in [0.717, 1.165) is 57.0 Å². The van der Waals surface area contributed by atoms with Crippen molar-refractivity contribution in [2.24, 2.45) is 0 Å². The van der Waals surface area contributed by atoms with E-state index in [1.807, 2.05) is 41.8 Å². The predicted octanol–water partition coefficient (Wildman–Crippen LogP) is 6.16. The zero-order chi connectivity index (χ0) is 18.8. The van der Waals surface area contributed by atoms with Gasteiger partial charge < -0.3 is 5.32 Å². The summed E-state index contributed by atoms with van der Waals surface area (Å²) in [4.78, 5) is 4.93. The topological polar surface area (TPSA) is 42.2 Å². The Hall–Kier alpha value is -2.66. The molecule has 0 aliphatic rings. The number of fused-ring (bicyclic) bond motifs is 1. The Labute approximate surface area is 167 Å². The van der Waals surface area contributed by atoms with Gasteiger partial charge in [0.1, 0.15) is 5.82 Å². The fourth-order valence-electron chi connectivity index (χ4n) is 3.27. The summed E-state index contributed by atoms with van der Waals surface area (Å²) in [5.74, 6) is 0.927. The molecule has 0 saturated carbocycles. The van der Waals surface area contributed by atoms with Crippen LogP contribution in [0.25, 0.3) is 16.8 Å². The SMILES string of the molecule is CCCc1cc(Nc2ccc(Br)cc2)n2nc(C)c(-c3ccccc3)c2n1. The van der Waals surface area contributed by atoms with Crippen molar-refractivity contribution in [1.29, 1.82) is 0 Å². The molecule has 0 aliphatic heterocycles. The van der Waals surface area contributed by atoms with Crippen LogP contribution in [0, 0.1) is 6.92 Å². The molecule has 2 heterocycles. The third-order valence-corrected chi connectivity index (χ3v) is 5.03. The third-order valence-electron chi connectivity index (χ3n) is 4.50. The lowest BCUT2D eigenvalue weighted by atomic mass is 10.1. The predicted molar refractivity (Wildman–Crippen MR) is 115 cm³/mol.